The lowest BCUT2D eigenvalue weighted by molar-refractivity contribution is 0.233. The molecule has 2 aromatic carbocycles. The summed E-state index contributed by atoms with van der Waals surface area (Å²) in [6.07, 6.45) is -3.17. The Bertz CT molecular complexity index is 1750. The Hall–Kier alpha value is -3.74. The second-order valence-electron chi connectivity index (χ2n) is 9.30. The van der Waals surface area contributed by atoms with E-state index in [0.29, 0.717) is 11.1 Å². The molecule has 4 heterocycles. The van der Waals surface area contributed by atoms with Gasteiger partial charge in [0.25, 0.3) is 15.0 Å². The van der Waals surface area contributed by atoms with Gasteiger partial charge in [-0.05, 0) is 35.4 Å². The number of rotatable bonds is 6. The molecular formula is C24H18F8N6O3S2. The highest BCUT2D eigenvalue weighted by Gasteiger charge is 2.40. The van der Waals surface area contributed by atoms with Crippen molar-refractivity contribution in [1.82, 2.24) is 29.5 Å². The third-order valence-corrected chi connectivity index (χ3v) is 8.64. The number of alkyl halides is 6. The van der Waals surface area contributed by atoms with Crippen LogP contribution in [-0.4, -0.2) is 53.7 Å². The molecule has 6 rings (SSSR count). The number of hydrogen-bond acceptors (Lipinski definition) is 7. The molecule has 4 aromatic rings. The Labute approximate surface area is 239 Å². The molecule has 5 atom stereocenters. The molecule has 19 heteroatoms. The third-order valence-electron chi connectivity index (χ3n) is 6.63. The Morgan fingerprint density at radius 2 is 1.19 bits per heavy atom. The number of nitrogens with zero attached hydrogens (tertiary/aromatic N) is 6. The first kappa shape index (κ1) is 30.7. The van der Waals surface area contributed by atoms with Crippen LogP contribution in [0.1, 0.15) is 60.0 Å². The average molecular weight is 655 g/mol. The first-order valence-corrected chi connectivity index (χ1v) is 15.0. The molecule has 1 unspecified atom stereocenters. The van der Waals surface area contributed by atoms with Crippen molar-refractivity contribution >= 4 is 20.6 Å². The minimum Gasteiger partial charge on any atom is -0.245 e. The van der Waals surface area contributed by atoms with Crippen LogP contribution in [0.2, 0.25) is 0 Å². The van der Waals surface area contributed by atoms with Gasteiger partial charge in [-0.15, -0.1) is 10.2 Å². The molecule has 0 radical (unpaired) electrons. The molecule has 43 heavy (non-hydrogen) atoms. The highest BCUT2D eigenvalue weighted by Crippen LogP contribution is 2.41. The van der Waals surface area contributed by atoms with Gasteiger partial charge >= 0.3 is 11.5 Å². The summed E-state index contributed by atoms with van der Waals surface area (Å²) in [4.78, 5) is 7.00. The van der Waals surface area contributed by atoms with E-state index < -0.39 is 78.5 Å². The Morgan fingerprint density at radius 3 is 1.63 bits per heavy atom. The van der Waals surface area contributed by atoms with Gasteiger partial charge in [-0.1, -0.05) is 24.3 Å². The quantitative estimate of drug-likeness (QED) is 0.264. The van der Waals surface area contributed by atoms with Gasteiger partial charge in [0.05, 0.1) is 12.1 Å². The van der Waals surface area contributed by atoms with Crippen molar-refractivity contribution in [3.8, 4) is 0 Å². The van der Waals surface area contributed by atoms with Gasteiger partial charge in [-0.2, -0.15) is 22.5 Å². The zero-order valence-electron chi connectivity index (χ0n) is 21.2. The monoisotopic (exact) mass is 654 g/mol. The van der Waals surface area contributed by atoms with Crippen LogP contribution in [0.15, 0.2) is 58.8 Å². The number of benzene rings is 2. The van der Waals surface area contributed by atoms with E-state index in [0.717, 1.165) is 21.5 Å². The van der Waals surface area contributed by atoms with Crippen molar-refractivity contribution in [3.05, 3.63) is 82.9 Å². The van der Waals surface area contributed by atoms with Crippen molar-refractivity contribution < 1.29 is 47.8 Å². The predicted molar refractivity (Wildman–Crippen MR) is 132 cm³/mol. The first-order chi connectivity index (χ1) is 20.3. The lowest BCUT2D eigenvalue weighted by Crippen LogP contribution is -2.15. The van der Waals surface area contributed by atoms with Crippen LogP contribution in [0.5, 0.6) is 0 Å². The summed E-state index contributed by atoms with van der Waals surface area (Å²) in [5, 5.41) is 5.56. The van der Waals surface area contributed by atoms with Gasteiger partial charge in [-0.25, -0.2) is 44.5 Å². The standard InChI is InChI=1S/C12H9F4N3O2S.C12H9F4N3OS/c13-7-3-1-6(2-4-7)9-5-8(14)10-17-12(18-19(9)10)22(20,21)11(15)16;13-7-3-1-6(2-4-7)9-5-8(14)10-17-12(18-19(9)10)21(20)11(15)16/h1-4,8-9,11H,5H2;1-4,8-9,11H,5H2/t8-,9-;8-,9-,21?/m00/s1. The van der Waals surface area contributed by atoms with Crippen LogP contribution < -0.4 is 0 Å². The van der Waals surface area contributed by atoms with Gasteiger partial charge in [0.15, 0.2) is 34.8 Å². The summed E-state index contributed by atoms with van der Waals surface area (Å²) in [6.45, 7) is 0. The Balaban J connectivity index is 0.000000171. The molecule has 230 valence electrons. The van der Waals surface area contributed by atoms with Crippen molar-refractivity contribution in [3.63, 3.8) is 0 Å². The maximum Gasteiger partial charge on any atom is 0.344 e. The lowest BCUT2D eigenvalue weighted by atomic mass is 10.0. The molecule has 0 fully saturated rings. The summed E-state index contributed by atoms with van der Waals surface area (Å²) < 4.78 is 140. The number of halogens is 8. The number of fused-ring (bicyclic) bond motifs is 2. The van der Waals surface area contributed by atoms with Crippen LogP contribution in [0, 0.1) is 11.6 Å². The minimum atomic E-state index is -4.99. The van der Waals surface area contributed by atoms with Gasteiger partial charge in [-0.3, -0.25) is 0 Å². The van der Waals surface area contributed by atoms with E-state index in [2.05, 4.69) is 20.2 Å². The fourth-order valence-electron chi connectivity index (χ4n) is 4.61. The summed E-state index contributed by atoms with van der Waals surface area (Å²) in [7, 11) is -7.68. The van der Waals surface area contributed by atoms with Crippen LogP contribution in [0.3, 0.4) is 0 Å². The van der Waals surface area contributed by atoms with Gasteiger partial charge in [0, 0.05) is 12.8 Å². The van der Waals surface area contributed by atoms with E-state index in [1.54, 1.807) is 0 Å². The maximum atomic E-state index is 14.0. The molecule has 0 amide bonds. The fourth-order valence-corrected chi connectivity index (χ4v) is 5.70. The third kappa shape index (κ3) is 5.91. The van der Waals surface area contributed by atoms with Crippen LogP contribution in [-0.2, 0) is 20.6 Å². The highest BCUT2D eigenvalue weighted by atomic mass is 32.2. The molecule has 2 aliphatic rings. The molecular weight excluding hydrogens is 636 g/mol. The summed E-state index contributed by atoms with van der Waals surface area (Å²) in [6, 6.07) is 9.18. The molecule has 0 aliphatic carbocycles. The van der Waals surface area contributed by atoms with Gasteiger partial charge in [0.1, 0.15) is 11.6 Å². The van der Waals surface area contributed by atoms with Crippen LogP contribution >= 0.6 is 0 Å². The number of aromatic nitrogens is 6. The zero-order chi connectivity index (χ0) is 31.2. The van der Waals surface area contributed by atoms with E-state index in [9.17, 15) is 47.8 Å². The first-order valence-electron chi connectivity index (χ1n) is 12.2. The molecule has 0 N–H and O–H groups in total. The SMILES string of the molecule is O=S(=O)(c1nc2n(n1)[C@H](c1ccc(F)cc1)C[C@@H]2F)C(F)F.O=S(c1nc2n(n1)[C@H](c1ccc(F)cc1)C[C@@H]2F)C(F)F. The molecule has 0 bridgehead atoms. The van der Waals surface area contributed by atoms with Crippen molar-refractivity contribution in [2.75, 3.05) is 0 Å². The van der Waals surface area contributed by atoms with E-state index >= 15 is 0 Å². The van der Waals surface area contributed by atoms with E-state index in [1.807, 2.05) is 0 Å². The second-order valence-corrected chi connectivity index (χ2v) is 12.4. The minimum absolute atomic E-state index is 0.0303. The van der Waals surface area contributed by atoms with Crippen LogP contribution in [0.4, 0.5) is 35.1 Å². The van der Waals surface area contributed by atoms with E-state index in [1.165, 1.54) is 36.4 Å². The molecule has 2 aromatic heterocycles. The van der Waals surface area contributed by atoms with Crippen LogP contribution in [0.25, 0.3) is 0 Å². The molecule has 0 spiro atoms. The smallest absolute Gasteiger partial charge is 0.245 e. The Morgan fingerprint density at radius 1 is 0.744 bits per heavy atom. The van der Waals surface area contributed by atoms with Crippen molar-refractivity contribution in [2.24, 2.45) is 0 Å². The number of hydrogen-bond donors (Lipinski definition) is 0. The predicted octanol–water partition coefficient (Wildman–Crippen LogP) is 5.17. The highest BCUT2D eigenvalue weighted by molar-refractivity contribution is 7.91. The fraction of sp³-hybridized carbons (Fsp3) is 0.333. The molecule has 9 nitrogen and oxygen atoms in total. The van der Waals surface area contributed by atoms with Crippen molar-refractivity contribution in [2.45, 2.75) is 59.1 Å². The zero-order valence-corrected chi connectivity index (χ0v) is 22.9. The second kappa shape index (κ2) is 11.7. The molecule has 0 saturated carbocycles. The largest absolute Gasteiger partial charge is 0.344 e. The normalized spacial score (nSPS) is 21.9. The summed E-state index contributed by atoms with van der Waals surface area (Å²) >= 11 is 0. The van der Waals surface area contributed by atoms with Gasteiger partial charge < -0.3 is 0 Å². The molecule has 0 saturated heterocycles. The van der Waals surface area contributed by atoms with Crippen molar-refractivity contribution in [1.29, 1.82) is 0 Å². The Kier molecular flexibility index (Phi) is 8.39. The average Bonchev–Trinajstić information content (AvgIpc) is 3.72. The molecule has 2 aliphatic heterocycles. The summed E-state index contributed by atoms with van der Waals surface area (Å²) in [5.74, 6) is -8.19. The summed E-state index contributed by atoms with van der Waals surface area (Å²) in [5.41, 5.74) is 1.06. The maximum absolute atomic E-state index is 14.0. The van der Waals surface area contributed by atoms with E-state index in [-0.39, 0.29) is 24.5 Å². The van der Waals surface area contributed by atoms with E-state index in [4.69, 9.17) is 0 Å². The number of sulfone groups is 1. The topological polar surface area (TPSA) is 113 Å². The lowest BCUT2D eigenvalue weighted by Gasteiger charge is -2.11. The van der Waals surface area contributed by atoms with Gasteiger partial charge in [0.2, 0.25) is 5.16 Å².